The van der Waals surface area contributed by atoms with Gasteiger partial charge in [-0.2, -0.15) is 0 Å². The molecule has 0 aliphatic carbocycles. The van der Waals surface area contributed by atoms with Gasteiger partial charge in [-0.05, 0) is 23.0 Å². The summed E-state index contributed by atoms with van der Waals surface area (Å²) >= 11 is 2.94. The van der Waals surface area contributed by atoms with E-state index in [0.717, 1.165) is 21.2 Å². The average molecular weight is 374 g/mol. The molecule has 1 aromatic carbocycles. The number of amides is 2. The molecule has 1 aliphatic heterocycles. The monoisotopic (exact) mass is 374 g/mol. The zero-order valence-electron chi connectivity index (χ0n) is 13.9. The minimum absolute atomic E-state index is 0.0962. The quantitative estimate of drug-likeness (QED) is 0.640. The van der Waals surface area contributed by atoms with Crippen molar-refractivity contribution >= 4 is 46.1 Å². The van der Waals surface area contributed by atoms with Gasteiger partial charge in [-0.1, -0.05) is 54.3 Å². The number of rotatable bonds is 5. The number of fused-ring (bicyclic) bond motifs is 1. The third-order valence-corrected chi connectivity index (χ3v) is 5.62. The molecule has 0 radical (unpaired) electrons. The van der Waals surface area contributed by atoms with Gasteiger partial charge in [0.05, 0.1) is 12.5 Å². The summed E-state index contributed by atoms with van der Waals surface area (Å²) in [4.78, 5) is 26.0. The summed E-state index contributed by atoms with van der Waals surface area (Å²) in [5.74, 6) is 0.619. The molecule has 2 amide bonds. The van der Waals surface area contributed by atoms with Gasteiger partial charge in [0, 0.05) is 13.1 Å². The number of thioether (sulfide) groups is 1. The van der Waals surface area contributed by atoms with Gasteiger partial charge < -0.3 is 10.2 Å². The average Bonchev–Trinajstić information content (AvgIpc) is 3.02. The van der Waals surface area contributed by atoms with Crippen molar-refractivity contribution in [2.24, 2.45) is 0 Å². The normalized spacial score (nSPS) is 15.8. The third kappa shape index (κ3) is 4.08. The maximum absolute atomic E-state index is 12.5. The van der Waals surface area contributed by atoms with Crippen molar-refractivity contribution in [3.8, 4) is 0 Å². The van der Waals surface area contributed by atoms with Gasteiger partial charge in [0.15, 0.2) is 4.34 Å². The summed E-state index contributed by atoms with van der Waals surface area (Å²) in [5.41, 5.74) is 1.99. The first-order chi connectivity index (χ1) is 12.1. The molecule has 8 heteroatoms. The van der Waals surface area contributed by atoms with E-state index in [9.17, 15) is 9.59 Å². The standard InChI is InChI=1S/C17H18N4O2S2/c1-3-24-17-20-19-16(25-17)18-15(23)10-14-13-7-5-4-6-12(13)8-9-21(14)11(2)22/h4-9,14H,3,10H2,1-2H3,(H,18,19,23). The minimum Gasteiger partial charge on any atom is -0.311 e. The molecule has 0 saturated heterocycles. The molecule has 0 bridgehead atoms. The van der Waals surface area contributed by atoms with Crippen LogP contribution >= 0.6 is 23.1 Å². The lowest BCUT2D eigenvalue weighted by Gasteiger charge is -2.32. The molecule has 0 fully saturated rings. The van der Waals surface area contributed by atoms with Crippen molar-refractivity contribution in [3.05, 3.63) is 41.6 Å². The fraction of sp³-hybridized carbons (Fsp3) is 0.294. The Kier molecular flexibility index (Phi) is 5.50. The molecule has 1 aliphatic rings. The second-order valence-electron chi connectivity index (χ2n) is 5.45. The highest BCUT2D eigenvalue weighted by Gasteiger charge is 2.28. The Hall–Kier alpha value is -2.19. The van der Waals surface area contributed by atoms with Gasteiger partial charge in [0.2, 0.25) is 16.9 Å². The number of benzene rings is 1. The molecular weight excluding hydrogens is 356 g/mol. The van der Waals surface area contributed by atoms with Crippen molar-refractivity contribution in [2.75, 3.05) is 11.1 Å². The van der Waals surface area contributed by atoms with Gasteiger partial charge in [0.1, 0.15) is 0 Å². The van der Waals surface area contributed by atoms with Crippen LogP contribution in [0.3, 0.4) is 0 Å². The van der Waals surface area contributed by atoms with E-state index in [2.05, 4.69) is 15.5 Å². The van der Waals surface area contributed by atoms with E-state index in [1.54, 1.807) is 22.9 Å². The zero-order chi connectivity index (χ0) is 17.8. The molecule has 0 saturated carbocycles. The second kappa shape index (κ2) is 7.79. The van der Waals surface area contributed by atoms with E-state index in [1.165, 1.54) is 18.3 Å². The van der Waals surface area contributed by atoms with Crippen molar-refractivity contribution in [1.82, 2.24) is 15.1 Å². The van der Waals surface area contributed by atoms with Crippen LogP contribution in [-0.4, -0.2) is 32.7 Å². The Labute approximate surface area is 154 Å². The van der Waals surface area contributed by atoms with E-state index < -0.39 is 0 Å². The molecule has 1 atom stereocenters. The smallest absolute Gasteiger partial charge is 0.228 e. The number of anilines is 1. The van der Waals surface area contributed by atoms with Crippen LogP contribution in [0.2, 0.25) is 0 Å². The summed E-state index contributed by atoms with van der Waals surface area (Å²) in [7, 11) is 0. The van der Waals surface area contributed by atoms with E-state index >= 15 is 0 Å². The molecular formula is C17H18N4O2S2. The highest BCUT2D eigenvalue weighted by molar-refractivity contribution is 8.01. The van der Waals surface area contributed by atoms with Crippen LogP contribution < -0.4 is 5.32 Å². The van der Waals surface area contributed by atoms with Gasteiger partial charge in [0.25, 0.3) is 0 Å². The predicted molar refractivity (Wildman–Crippen MR) is 100 cm³/mol. The van der Waals surface area contributed by atoms with E-state index in [-0.39, 0.29) is 24.3 Å². The number of carbonyl (C=O) groups is 2. The Morgan fingerprint density at radius 3 is 2.88 bits per heavy atom. The topological polar surface area (TPSA) is 75.2 Å². The lowest BCUT2D eigenvalue weighted by atomic mass is 9.93. The van der Waals surface area contributed by atoms with Crippen LogP contribution in [0.5, 0.6) is 0 Å². The van der Waals surface area contributed by atoms with E-state index in [4.69, 9.17) is 0 Å². The number of carbonyl (C=O) groups excluding carboxylic acids is 2. The van der Waals surface area contributed by atoms with Crippen LogP contribution in [0.25, 0.3) is 6.08 Å². The minimum atomic E-state index is -0.323. The van der Waals surface area contributed by atoms with Crippen LogP contribution in [0.15, 0.2) is 34.8 Å². The van der Waals surface area contributed by atoms with Gasteiger partial charge in [-0.3, -0.25) is 9.59 Å². The first kappa shape index (κ1) is 17.6. The number of hydrogen-bond acceptors (Lipinski definition) is 6. The fourth-order valence-corrected chi connectivity index (χ4v) is 4.37. The largest absolute Gasteiger partial charge is 0.311 e. The van der Waals surface area contributed by atoms with Gasteiger partial charge in [-0.15, -0.1) is 10.2 Å². The highest BCUT2D eigenvalue weighted by atomic mass is 32.2. The molecule has 25 heavy (non-hydrogen) atoms. The summed E-state index contributed by atoms with van der Waals surface area (Å²) < 4.78 is 0.828. The van der Waals surface area contributed by atoms with Crippen molar-refractivity contribution < 1.29 is 9.59 Å². The van der Waals surface area contributed by atoms with Crippen LogP contribution in [0, 0.1) is 0 Å². The molecule has 6 nitrogen and oxygen atoms in total. The molecule has 2 heterocycles. The van der Waals surface area contributed by atoms with E-state index in [1.807, 2.05) is 37.3 Å². The first-order valence-corrected chi connectivity index (χ1v) is 9.71. The summed E-state index contributed by atoms with van der Waals surface area (Å²) in [6, 6.07) is 7.47. The number of nitrogens with zero attached hydrogens (tertiary/aromatic N) is 3. The van der Waals surface area contributed by atoms with Crippen molar-refractivity contribution in [3.63, 3.8) is 0 Å². The Bertz CT molecular complexity index is 818. The zero-order valence-corrected chi connectivity index (χ0v) is 15.6. The predicted octanol–water partition coefficient (Wildman–Crippen LogP) is 3.55. The lowest BCUT2D eigenvalue weighted by Crippen LogP contribution is -2.33. The van der Waals surface area contributed by atoms with Gasteiger partial charge in [-0.25, -0.2) is 0 Å². The molecule has 2 aromatic rings. The van der Waals surface area contributed by atoms with Crippen LogP contribution in [0.1, 0.15) is 37.4 Å². The molecule has 130 valence electrons. The second-order valence-corrected chi connectivity index (χ2v) is 7.93. The number of hydrogen-bond donors (Lipinski definition) is 1. The van der Waals surface area contributed by atoms with Crippen molar-refractivity contribution in [1.29, 1.82) is 0 Å². The summed E-state index contributed by atoms with van der Waals surface area (Å²) in [6.07, 6.45) is 3.80. The third-order valence-electron chi connectivity index (χ3n) is 3.77. The first-order valence-electron chi connectivity index (χ1n) is 7.90. The fourth-order valence-electron chi connectivity index (χ4n) is 2.70. The SMILES string of the molecule is CCSc1nnc(NC(=O)CC2c3ccccc3C=CN2C(C)=O)s1. The van der Waals surface area contributed by atoms with Crippen LogP contribution in [-0.2, 0) is 9.59 Å². The molecule has 1 aromatic heterocycles. The van der Waals surface area contributed by atoms with E-state index in [0.29, 0.717) is 5.13 Å². The number of nitrogens with one attached hydrogen (secondary N) is 1. The Morgan fingerprint density at radius 1 is 1.32 bits per heavy atom. The van der Waals surface area contributed by atoms with Crippen molar-refractivity contribution in [2.45, 2.75) is 30.6 Å². The Morgan fingerprint density at radius 2 is 2.12 bits per heavy atom. The molecule has 1 unspecified atom stereocenters. The summed E-state index contributed by atoms with van der Waals surface area (Å²) in [5, 5.41) is 11.3. The molecule has 3 rings (SSSR count). The van der Waals surface area contributed by atoms with Gasteiger partial charge >= 0.3 is 0 Å². The maximum Gasteiger partial charge on any atom is 0.228 e. The lowest BCUT2D eigenvalue weighted by molar-refractivity contribution is -0.129. The maximum atomic E-state index is 12.5. The summed E-state index contributed by atoms with van der Waals surface area (Å²) in [6.45, 7) is 3.54. The molecule has 1 N–H and O–H groups in total. The van der Waals surface area contributed by atoms with Crippen LogP contribution in [0.4, 0.5) is 5.13 Å². The molecule has 0 spiro atoms. The Balaban J connectivity index is 1.75. The highest BCUT2D eigenvalue weighted by Crippen LogP contribution is 2.33. The number of aromatic nitrogens is 2.